The van der Waals surface area contributed by atoms with Crippen LogP contribution in [0.5, 0.6) is 5.88 Å². The monoisotopic (exact) mass is 358 g/mol. The molecular formula is C18H18N2O4S. The van der Waals surface area contributed by atoms with Gasteiger partial charge in [-0.3, -0.25) is 4.79 Å². The van der Waals surface area contributed by atoms with Crippen LogP contribution in [0.2, 0.25) is 0 Å². The summed E-state index contributed by atoms with van der Waals surface area (Å²) in [5.41, 5.74) is 0.141. The van der Waals surface area contributed by atoms with Crippen molar-refractivity contribution in [3.63, 3.8) is 0 Å². The molecule has 0 saturated carbocycles. The van der Waals surface area contributed by atoms with E-state index in [4.69, 9.17) is 4.74 Å². The van der Waals surface area contributed by atoms with Gasteiger partial charge in [0.05, 0.1) is 5.56 Å². The van der Waals surface area contributed by atoms with Gasteiger partial charge in [0.15, 0.2) is 0 Å². The van der Waals surface area contributed by atoms with E-state index in [2.05, 4.69) is 10.3 Å². The smallest absolute Gasteiger partial charge is 0.330 e. The van der Waals surface area contributed by atoms with Crippen molar-refractivity contribution in [1.82, 2.24) is 10.3 Å². The Bertz CT molecular complexity index is 743. The molecule has 1 atom stereocenters. The van der Waals surface area contributed by atoms with E-state index in [1.54, 1.807) is 12.1 Å². The highest BCUT2D eigenvalue weighted by atomic mass is 32.2. The van der Waals surface area contributed by atoms with Gasteiger partial charge in [0, 0.05) is 18.0 Å². The number of amides is 1. The van der Waals surface area contributed by atoms with E-state index >= 15 is 0 Å². The Hall–Kier alpha value is -2.54. The highest BCUT2D eigenvalue weighted by Gasteiger charge is 2.43. The number of ether oxygens (including phenoxy) is 1. The normalized spacial score (nSPS) is 19.4. The predicted molar refractivity (Wildman–Crippen MR) is 94.8 cm³/mol. The third kappa shape index (κ3) is 4.11. The Kier molecular flexibility index (Phi) is 5.23. The summed E-state index contributed by atoms with van der Waals surface area (Å²) in [5.74, 6) is 0.0649. The van der Waals surface area contributed by atoms with Crippen molar-refractivity contribution in [1.29, 1.82) is 0 Å². The number of rotatable bonds is 6. The van der Waals surface area contributed by atoms with E-state index < -0.39 is 17.4 Å². The summed E-state index contributed by atoms with van der Waals surface area (Å²) in [5, 5.41) is 12.1. The number of carbonyl (C=O) groups is 2. The highest BCUT2D eigenvalue weighted by Crippen LogP contribution is 2.28. The van der Waals surface area contributed by atoms with Crippen molar-refractivity contribution in [3.05, 3.63) is 59.8 Å². The third-order valence-corrected chi connectivity index (χ3v) is 5.20. The molecule has 1 saturated heterocycles. The number of aromatic nitrogens is 1. The standard InChI is InChI=1S/C18H18N2O4S/c21-16(20-18(17(22)23)8-9-25-12-18)14-6-7-15(19-10-14)24-11-13-4-2-1-3-5-13/h1-7,10H,8-9,11-12H2,(H,20,21)(H,22,23). The molecule has 25 heavy (non-hydrogen) atoms. The molecule has 3 rings (SSSR count). The Morgan fingerprint density at radius 3 is 2.64 bits per heavy atom. The molecule has 1 aromatic carbocycles. The zero-order valence-corrected chi connectivity index (χ0v) is 14.3. The number of carboxylic acid groups (broad SMARTS) is 1. The van der Waals surface area contributed by atoms with Crippen LogP contribution in [0.1, 0.15) is 22.3 Å². The lowest BCUT2D eigenvalue weighted by atomic mass is 9.98. The molecule has 6 nitrogen and oxygen atoms in total. The number of nitrogens with one attached hydrogen (secondary N) is 1. The molecule has 0 bridgehead atoms. The highest BCUT2D eigenvalue weighted by molar-refractivity contribution is 7.99. The van der Waals surface area contributed by atoms with E-state index in [1.165, 1.54) is 18.0 Å². The van der Waals surface area contributed by atoms with E-state index in [9.17, 15) is 14.7 Å². The van der Waals surface area contributed by atoms with Crippen molar-refractivity contribution in [2.24, 2.45) is 0 Å². The summed E-state index contributed by atoms with van der Waals surface area (Å²) in [6.45, 7) is 0.388. The lowest BCUT2D eigenvalue weighted by Crippen LogP contribution is -2.54. The third-order valence-electron chi connectivity index (χ3n) is 4.01. The number of thioether (sulfide) groups is 1. The van der Waals surface area contributed by atoms with Crippen LogP contribution in [0, 0.1) is 0 Å². The molecule has 1 fully saturated rings. The quantitative estimate of drug-likeness (QED) is 0.824. The minimum atomic E-state index is -1.19. The molecule has 1 amide bonds. The zero-order chi connectivity index (χ0) is 17.7. The van der Waals surface area contributed by atoms with Crippen LogP contribution in [0.4, 0.5) is 0 Å². The van der Waals surface area contributed by atoms with Crippen LogP contribution in [-0.4, -0.2) is 39.0 Å². The fourth-order valence-electron chi connectivity index (χ4n) is 2.51. The van der Waals surface area contributed by atoms with E-state index in [0.717, 1.165) is 11.3 Å². The lowest BCUT2D eigenvalue weighted by Gasteiger charge is -2.24. The number of pyridine rings is 1. The molecule has 0 spiro atoms. The first-order valence-electron chi connectivity index (χ1n) is 7.85. The number of benzene rings is 1. The average molecular weight is 358 g/mol. The molecule has 7 heteroatoms. The van der Waals surface area contributed by atoms with Crippen LogP contribution in [0.15, 0.2) is 48.7 Å². The van der Waals surface area contributed by atoms with Crippen molar-refractivity contribution < 1.29 is 19.4 Å². The Labute approximate surface area is 149 Å². The van der Waals surface area contributed by atoms with Gasteiger partial charge in [-0.15, -0.1) is 0 Å². The molecule has 2 heterocycles. The van der Waals surface area contributed by atoms with Crippen molar-refractivity contribution in [2.45, 2.75) is 18.6 Å². The maximum Gasteiger partial charge on any atom is 0.330 e. The number of nitrogens with zero attached hydrogens (tertiary/aromatic N) is 1. The van der Waals surface area contributed by atoms with Gasteiger partial charge in [-0.2, -0.15) is 11.8 Å². The average Bonchev–Trinajstić information content (AvgIpc) is 3.11. The number of hydrogen-bond acceptors (Lipinski definition) is 5. The Balaban J connectivity index is 1.61. The van der Waals surface area contributed by atoms with E-state index in [-0.39, 0.29) is 0 Å². The summed E-state index contributed by atoms with van der Waals surface area (Å²) in [4.78, 5) is 28.0. The fraction of sp³-hybridized carbons (Fsp3) is 0.278. The molecule has 2 N–H and O–H groups in total. The summed E-state index contributed by atoms with van der Waals surface area (Å²) >= 11 is 1.52. The summed E-state index contributed by atoms with van der Waals surface area (Å²) in [6.07, 6.45) is 1.82. The van der Waals surface area contributed by atoms with Crippen molar-refractivity contribution >= 4 is 23.6 Å². The van der Waals surface area contributed by atoms with Gasteiger partial charge in [-0.25, -0.2) is 9.78 Å². The largest absolute Gasteiger partial charge is 0.479 e. The van der Waals surface area contributed by atoms with Crippen LogP contribution in [0.25, 0.3) is 0 Å². The van der Waals surface area contributed by atoms with Gasteiger partial charge in [-0.05, 0) is 23.8 Å². The first kappa shape index (κ1) is 17.3. The van der Waals surface area contributed by atoms with Gasteiger partial charge >= 0.3 is 5.97 Å². The van der Waals surface area contributed by atoms with E-state index in [1.807, 2.05) is 30.3 Å². The summed E-state index contributed by atoms with van der Waals surface area (Å²) in [7, 11) is 0. The molecule has 0 aliphatic carbocycles. The molecule has 130 valence electrons. The van der Waals surface area contributed by atoms with Gasteiger partial charge in [0.2, 0.25) is 5.88 Å². The van der Waals surface area contributed by atoms with Gasteiger partial charge in [-0.1, -0.05) is 30.3 Å². The maximum absolute atomic E-state index is 12.3. The second kappa shape index (κ2) is 7.57. The first-order chi connectivity index (χ1) is 12.1. The summed E-state index contributed by atoms with van der Waals surface area (Å²) in [6, 6.07) is 12.9. The molecule has 2 aromatic rings. The molecule has 1 aliphatic heterocycles. The zero-order valence-electron chi connectivity index (χ0n) is 13.5. The minimum absolute atomic E-state index is 0.310. The van der Waals surface area contributed by atoms with Crippen LogP contribution < -0.4 is 10.1 Å². The van der Waals surface area contributed by atoms with Crippen molar-refractivity contribution in [2.75, 3.05) is 11.5 Å². The second-order valence-electron chi connectivity index (χ2n) is 5.80. The number of carbonyl (C=O) groups excluding carboxylic acids is 1. The van der Waals surface area contributed by atoms with E-state index in [0.29, 0.717) is 30.2 Å². The number of hydrogen-bond donors (Lipinski definition) is 2. The first-order valence-corrected chi connectivity index (χ1v) is 9.01. The predicted octanol–water partition coefficient (Wildman–Crippen LogP) is 2.35. The topological polar surface area (TPSA) is 88.5 Å². The maximum atomic E-state index is 12.3. The SMILES string of the molecule is O=C(NC1(C(=O)O)CCSC1)c1ccc(OCc2ccccc2)nc1. The summed E-state index contributed by atoms with van der Waals surface area (Å²) < 4.78 is 5.58. The van der Waals surface area contributed by atoms with Gasteiger partial charge < -0.3 is 15.2 Å². The van der Waals surface area contributed by atoms with Crippen molar-refractivity contribution in [3.8, 4) is 5.88 Å². The van der Waals surface area contributed by atoms with Crippen LogP contribution in [-0.2, 0) is 11.4 Å². The Morgan fingerprint density at radius 1 is 1.24 bits per heavy atom. The molecule has 0 radical (unpaired) electrons. The number of carboxylic acids is 1. The van der Waals surface area contributed by atoms with Gasteiger partial charge in [0.1, 0.15) is 12.1 Å². The molecule has 1 unspecified atom stereocenters. The number of aliphatic carboxylic acids is 1. The molecular weight excluding hydrogens is 340 g/mol. The molecule has 1 aliphatic rings. The molecule has 1 aromatic heterocycles. The van der Waals surface area contributed by atoms with Crippen LogP contribution in [0.3, 0.4) is 0 Å². The van der Waals surface area contributed by atoms with Crippen LogP contribution >= 0.6 is 11.8 Å². The fourth-order valence-corrected chi connectivity index (χ4v) is 3.83. The Morgan fingerprint density at radius 2 is 2.04 bits per heavy atom. The minimum Gasteiger partial charge on any atom is -0.479 e. The second-order valence-corrected chi connectivity index (χ2v) is 6.91. The van der Waals surface area contributed by atoms with Gasteiger partial charge in [0.25, 0.3) is 5.91 Å². The lowest BCUT2D eigenvalue weighted by molar-refractivity contribution is -0.143.